The van der Waals surface area contributed by atoms with E-state index in [2.05, 4.69) is 0 Å². The highest BCUT2D eigenvalue weighted by atomic mass is 32.2. The number of hydrogen-bond donors (Lipinski definition) is 0. The smallest absolute Gasteiger partial charge is 0.175 e. The first kappa shape index (κ1) is 10.3. The second-order valence-corrected chi connectivity index (χ2v) is 5.30. The minimum absolute atomic E-state index is 0.421. The van der Waals surface area contributed by atoms with E-state index >= 15 is 0 Å². The molecule has 0 aliphatic carbocycles. The first-order chi connectivity index (χ1) is 5.93. The number of sulfone groups is 1. The van der Waals surface area contributed by atoms with Crippen LogP contribution in [0.2, 0.25) is 0 Å². The van der Waals surface area contributed by atoms with Gasteiger partial charge in [0, 0.05) is 6.26 Å². The molecule has 1 aromatic carbocycles. The summed E-state index contributed by atoms with van der Waals surface area (Å²) in [6.45, 7) is 3.93. The number of aryl methyl sites for hydroxylation is 2. The van der Waals surface area contributed by atoms with Gasteiger partial charge in [-0.3, -0.25) is 0 Å². The highest BCUT2D eigenvalue weighted by Crippen LogP contribution is 2.14. The fraction of sp³-hybridized carbons (Fsp3) is 0.400. The van der Waals surface area contributed by atoms with Crippen LogP contribution in [-0.2, 0) is 16.3 Å². The Balaban J connectivity index is 3.33. The Kier molecular flexibility index (Phi) is 2.76. The van der Waals surface area contributed by atoms with Crippen LogP contribution in [0.4, 0.5) is 0 Å². The van der Waals surface area contributed by atoms with Crippen LogP contribution in [-0.4, -0.2) is 14.7 Å². The zero-order valence-corrected chi connectivity index (χ0v) is 8.98. The summed E-state index contributed by atoms with van der Waals surface area (Å²) in [5.41, 5.74) is 2.07. The van der Waals surface area contributed by atoms with Gasteiger partial charge in [0.15, 0.2) is 9.84 Å². The quantitative estimate of drug-likeness (QED) is 0.728. The minimum atomic E-state index is -3.06. The summed E-state index contributed by atoms with van der Waals surface area (Å²) in [6, 6.07) is 5.45. The lowest BCUT2D eigenvalue weighted by Gasteiger charge is -2.03. The summed E-state index contributed by atoms with van der Waals surface area (Å²) in [5.74, 6) is 0. The average molecular weight is 198 g/mol. The largest absolute Gasteiger partial charge is 0.224 e. The third-order valence-corrected chi connectivity index (χ3v) is 3.04. The molecular weight excluding hydrogens is 184 g/mol. The number of benzene rings is 1. The maximum atomic E-state index is 11.3. The third kappa shape index (κ3) is 2.56. The molecule has 0 spiro atoms. The second-order valence-electron chi connectivity index (χ2n) is 3.28. The van der Waals surface area contributed by atoms with Crippen LogP contribution >= 0.6 is 0 Å². The van der Waals surface area contributed by atoms with E-state index in [-0.39, 0.29) is 0 Å². The summed E-state index contributed by atoms with van der Waals surface area (Å²) in [6.07, 6.45) is 2.10. The van der Waals surface area contributed by atoms with Crippen molar-refractivity contribution < 1.29 is 8.42 Å². The Hall–Kier alpha value is -0.830. The van der Waals surface area contributed by atoms with Crippen molar-refractivity contribution in [2.75, 3.05) is 6.26 Å². The summed E-state index contributed by atoms with van der Waals surface area (Å²) < 4.78 is 22.5. The van der Waals surface area contributed by atoms with Crippen molar-refractivity contribution in [2.45, 2.75) is 25.2 Å². The molecule has 0 radical (unpaired) electrons. The van der Waals surface area contributed by atoms with Crippen LogP contribution in [0.15, 0.2) is 23.1 Å². The van der Waals surface area contributed by atoms with E-state index in [0.717, 1.165) is 17.5 Å². The lowest BCUT2D eigenvalue weighted by Crippen LogP contribution is -1.98. The van der Waals surface area contributed by atoms with Gasteiger partial charge in [-0.15, -0.1) is 0 Å². The standard InChI is InChI=1S/C10H14O2S/c1-4-9-5-8(2)6-10(7-9)13(3,11)12/h5-7H,4H2,1-3H3. The van der Waals surface area contributed by atoms with Crippen molar-refractivity contribution in [1.29, 1.82) is 0 Å². The lowest BCUT2D eigenvalue weighted by molar-refractivity contribution is 0.601. The first-order valence-electron chi connectivity index (χ1n) is 4.24. The fourth-order valence-corrected chi connectivity index (χ4v) is 2.01. The highest BCUT2D eigenvalue weighted by Gasteiger charge is 2.07. The Morgan fingerprint density at radius 2 is 1.85 bits per heavy atom. The van der Waals surface area contributed by atoms with Crippen molar-refractivity contribution >= 4 is 9.84 Å². The van der Waals surface area contributed by atoms with E-state index in [1.165, 1.54) is 6.26 Å². The van der Waals surface area contributed by atoms with Gasteiger partial charge in [-0.2, -0.15) is 0 Å². The van der Waals surface area contributed by atoms with E-state index in [0.29, 0.717) is 4.90 Å². The van der Waals surface area contributed by atoms with Gasteiger partial charge in [0.1, 0.15) is 0 Å². The predicted molar refractivity (Wildman–Crippen MR) is 53.7 cm³/mol. The maximum absolute atomic E-state index is 11.3. The van der Waals surface area contributed by atoms with E-state index in [1.54, 1.807) is 12.1 Å². The van der Waals surface area contributed by atoms with E-state index in [1.807, 2.05) is 19.9 Å². The Morgan fingerprint density at radius 1 is 1.23 bits per heavy atom. The Bertz CT molecular complexity index is 405. The zero-order valence-electron chi connectivity index (χ0n) is 8.16. The topological polar surface area (TPSA) is 34.1 Å². The lowest BCUT2D eigenvalue weighted by atomic mass is 10.1. The molecule has 0 N–H and O–H groups in total. The molecule has 0 unspecified atom stereocenters. The molecule has 0 aliphatic rings. The molecule has 1 aromatic rings. The molecule has 72 valence electrons. The molecule has 0 saturated carbocycles. The van der Waals surface area contributed by atoms with E-state index < -0.39 is 9.84 Å². The van der Waals surface area contributed by atoms with Gasteiger partial charge >= 0.3 is 0 Å². The molecule has 0 aliphatic heterocycles. The summed E-state index contributed by atoms with van der Waals surface area (Å²) in [4.78, 5) is 0.421. The first-order valence-corrected chi connectivity index (χ1v) is 6.13. The van der Waals surface area contributed by atoms with Crippen LogP contribution in [0, 0.1) is 6.92 Å². The van der Waals surface area contributed by atoms with Crippen LogP contribution in [0.25, 0.3) is 0 Å². The Morgan fingerprint density at radius 3 is 2.31 bits per heavy atom. The van der Waals surface area contributed by atoms with Crippen LogP contribution < -0.4 is 0 Å². The molecule has 0 bridgehead atoms. The molecule has 0 amide bonds. The van der Waals surface area contributed by atoms with Crippen molar-refractivity contribution in [1.82, 2.24) is 0 Å². The second kappa shape index (κ2) is 3.50. The van der Waals surface area contributed by atoms with Gasteiger partial charge in [-0.05, 0) is 36.6 Å². The van der Waals surface area contributed by atoms with E-state index in [4.69, 9.17) is 0 Å². The maximum Gasteiger partial charge on any atom is 0.175 e. The molecule has 0 saturated heterocycles. The third-order valence-electron chi connectivity index (χ3n) is 1.95. The highest BCUT2D eigenvalue weighted by molar-refractivity contribution is 7.90. The van der Waals surface area contributed by atoms with Crippen molar-refractivity contribution in [3.05, 3.63) is 29.3 Å². The SMILES string of the molecule is CCc1cc(C)cc(S(C)(=O)=O)c1. The van der Waals surface area contributed by atoms with Crippen molar-refractivity contribution in [2.24, 2.45) is 0 Å². The molecule has 0 fully saturated rings. The van der Waals surface area contributed by atoms with Gasteiger partial charge in [-0.1, -0.05) is 13.0 Å². The van der Waals surface area contributed by atoms with Crippen LogP contribution in [0.5, 0.6) is 0 Å². The van der Waals surface area contributed by atoms with Crippen LogP contribution in [0.3, 0.4) is 0 Å². The van der Waals surface area contributed by atoms with Crippen molar-refractivity contribution in [3.63, 3.8) is 0 Å². The monoisotopic (exact) mass is 198 g/mol. The predicted octanol–water partition coefficient (Wildman–Crippen LogP) is 1.96. The van der Waals surface area contributed by atoms with Crippen molar-refractivity contribution in [3.8, 4) is 0 Å². The zero-order chi connectivity index (χ0) is 10.1. The average Bonchev–Trinajstić information content (AvgIpc) is 2.01. The number of hydrogen-bond acceptors (Lipinski definition) is 2. The summed E-state index contributed by atoms with van der Waals surface area (Å²) in [7, 11) is -3.06. The molecule has 0 aromatic heterocycles. The van der Waals surface area contributed by atoms with Crippen LogP contribution in [0.1, 0.15) is 18.1 Å². The number of rotatable bonds is 2. The molecule has 3 heteroatoms. The normalized spacial score (nSPS) is 11.6. The van der Waals surface area contributed by atoms with Gasteiger partial charge in [0.2, 0.25) is 0 Å². The van der Waals surface area contributed by atoms with Gasteiger partial charge in [0.05, 0.1) is 4.90 Å². The Labute approximate surface area is 79.5 Å². The van der Waals surface area contributed by atoms with E-state index in [9.17, 15) is 8.42 Å². The molecule has 0 atom stereocenters. The molecular formula is C10H14O2S. The fourth-order valence-electron chi connectivity index (χ4n) is 1.24. The van der Waals surface area contributed by atoms with Gasteiger partial charge in [-0.25, -0.2) is 8.42 Å². The minimum Gasteiger partial charge on any atom is -0.224 e. The van der Waals surface area contributed by atoms with Gasteiger partial charge in [0.25, 0.3) is 0 Å². The molecule has 0 heterocycles. The molecule has 1 rings (SSSR count). The summed E-state index contributed by atoms with van der Waals surface area (Å²) >= 11 is 0. The molecule has 2 nitrogen and oxygen atoms in total. The molecule has 13 heavy (non-hydrogen) atoms. The summed E-state index contributed by atoms with van der Waals surface area (Å²) in [5, 5.41) is 0. The van der Waals surface area contributed by atoms with Gasteiger partial charge < -0.3 is 0 Å².